The van der Waals surface area contributed by atoms with Crippen LogP contribution in [0.3, 0.4) is 0 Å². The van der Waals surface area contributed by atoms with Crippen LogP contribution in [0.4, 0.5) is 0 Å². The first-order chi connectivity index (χ1) is 15.5. The molecular weight excluding hydrogens is 400 g/mol. The van der Waals surface area contributed by atoms with Crippen molar-refractivity contribution in [3.05, 3.63) is 82.9 Å². The number of amides is 1. The third-order valence-electron chi connectivity index (χ3n) is 5.54. The molecule has 4 rings (SSSR count). The number of fused-ring (bicyclic) bond motifs is 1. The van der Waals surface area contributed by atoms with Gasteiger partial charge in [-0.25, -0.2) is 4.98 Å². The largest absolute Gasteiger partial charge is 0.494 e. The van der Waals surface area contributed by atoms with Gasteiger partial charge in [0, 0.05) is 17.7 Å². The zero-order chi connectivity index (χ0) is 22.5. The van der Waals surface area contributed by atoms with E-state index in [9.17, 15) is 4.79 Å². The number of aromatic nitrogens is 1. The fourth-order valence-corrected chi connectivity index (χ4v) is 3.39. The molecule has 32 heavy (non-hydrogen) atoms. The number of nitrogens with one attached hydrogen (secondary N) is 1. The first-order valence-corrected chi connectivity index (χ1v) is 11.0. The van der Waals surface area contributed by atoms with Gasteiger partial charge in [0.2, 0.25) is 5.89 Å². The second-order valence-electron chi connectivity index (χ2n) is 8.03. The number of hydrogen-bond donors (Lipinski definition) is 1. The van der Waals surface area contributed by atoms with Gasteiger partial charge < -0.3 is 14.5 Å². The monoisotopic (exact) mass is 428 g/mol. The van der Waals surface area contributed by atoms with Crippen molar-refractivity contribution in [1.29, 1.82) is 0 Å². The molecule has 0 aliphatic carbocycles. The van der Waals surface area contributed by atoms with Gasteiger partial charge in [-0.1, -0.05) is 25.5 Å². The van der Waals surface area contributed by atoms with Crippen molar-refractivity contribution >= 4 is 17.0 Å². The summed E-state index contributed by atoms with van der Waals surface area (Å²) in [5.41, 5.74) is 6.56. The van der Waals surface area contributed by atoms with Crippen molar-refractivity contribution in [2.24, 2.45) is 0 Å². The first-order valence-electron chi connectivity index (χ1n) is 11.0. The van der Waals surface area contributed by atoms with Crippen LogP contribution in [0.2, 0.25) is 0 Å². The van der Waals surface area contributed by atoms with Gasteiger partial charge in [-0.15, -0.1) is 0 Å². The average molecular weight is 429 g/mol. The molecule has 0 saturated carbocycles. The molecule has 0 radical (unpaired) electrons. The Hall–Kier alpha value is -3.60. The minimum atomic E-state index is -0.112. The summed E-state index contributed by atoms with van der Waals surface area (Å²) in [5.74, 6) is 1.27. The van der Waals surface area contributed by atoms with Gasteiger partial charge in [0.1, 0.15) is 11.3 Å². The molecular formula is C27H28N2O3. The molecule has 1 aromatic heterocycles. The molecule has 4 aromatic rings. The van der Waals surface area contributed by atoms with Crippen molar-refractivity contribution in [3.8, 4) is 17.2 Å². The zero-order valence-electron chi connectivity index (χ0n) is 18.8. The molecule has 0 bridgehead atoms. The third-order valence-corrected chi connectivity index (χ3v) is 5.54. The summed E-state index contributed by atoms with van der Waals surface area (Å²) in [7, 11) is 0. The summed E-state index contributed by atoms with van der Waals surface area (Å²) in [6.45, 7) is 7.40. The van der Waals surface area contributed by atoms with Crippen LogP contribution in [0.5, 0.6) is 5.75 Å². The number of aryl methyl sites for hydroxylation is 2. The number of carbonyl (C=O) groups excluding carboxylic acids is 1. The van der Waals surface area contributed by atoms with Crippen LogP contribution in [0, 0.1) is 13.8 Å². The molecule has 164 valence electrons. The highest BCUT2D eigenvalue weighted by atomic mass is 16.5. The van der Waals surface area contributed by atoms with E-state index >= 15 is 0 Å². The summed E-state index contributed by atoms with van der Waals surface area (Å²) >= 11 is 0. The topological polar surface area (TPSA) is 64.4 Å². The number of ether oxygens (including phenoxy) is 1. The van der Waals surface area contributed by atoms with Gasteiger partial charge in [-0.05, 0) is 85.5 Å². The molecule has 0 aliphatic heterocycles. The second kappa shape index (κ2) is 9.69. The average Bonchev–Trinajstić information content (AvgIpc) is 3.21. The standard InChI is InChI=1S/C27H28N2O3/c1-4-5-14-31-23-12-10-21(11-13-23)26(30)28-17-20-6-8-22(9-7-20)27-29-24-15-18(2)19(3)16-25(24)32-27/h6-13,15-16H,4-5,14,17H2,1-3H3,(H,28,30). The second-order valence-corrected chi connectivity index (χ2v) is 8.03. The quantitative estimate of drug-likeness (QED) is 0.338. The summed E-state index contributed by atoms with van der Waals surface area (Å²) in [6, 6.07) is 19.2. The van der Waals surface area contributed by atoms with E-state index < -0.39 is 0 Å². The lowest BCUT2D eigenvalue weighted by Gasteiger charge is -2.08. The Morgan fingerprint density at radius 3 is 2.44 bits per heavy atom. The van der Waals surface area contributed by atoms with Crippen LogP contribution in [0.15, 0.2) is 65.1 Å². The van der Waals surface area contributed by atoms with Crippen LogP contribution in [0.1, 0.15) is 46.8 Å². The van der Waals surface area contributed by atoms with E-state index in [0.29, 0.717) is 24.6 Å². The predicted molar refractivity (Wildman–Crippen MR) is 127 cm³/mol. The number of oxazole rings is 1. The summed E-state index contributed by atoms with van der Waals surface area (Å²) in [6.07, 6.45) is 2.11. The SMILES string of the molecule is CCCCOc1ccc(C(=O)NCc2ccc(-c3nc4cc(C)c(C)cc4o3)cc2)cc1. The molecule has 5 heteroatoms. The Balaban J connectivity index is 1.36. The van der Waals surface area contributed by atoms with Gasteiger partial charge >= 0.3 is 0 Å². The van der Waals surface area contributed by atoms with Gasteiger partial charge in [-0.3, -0.25) is 4.79 Å². The molecule has 0 spiro atoms. The summed E-state index contributed by atoms with van der Waals surface area (Å²) < 4.78 is 11.6. The lowest BCUT2D eigenvalue weighted by molar-refractivity contribution is 0.0951. The van der Waals surface area contributed by atoms with Crippen molar-refractivity contribution < 1.29 is 13.9 Å². The van der Waals surface area contributed by atoms with Crippen molar-refractivity contribution in [1.82, 2.24) is 10.3 Å². The van der Waals surface area contributed by atoms with E-state index in [4.69, 9.17) is 9.15 Å². The van der Waals surface area contributed by atoms with E-state index in [1.54, 1.807) is 12.1 Å². The van der Waals surface area contributed by atoms with E-state index in [2.05, 4.69) is 31.1 Å². The molecule has 0 aliphatic rings. The lowest BCUT2D eigenvalue weighted by atomic mass is 10.1. The van der Waals surface area contributed by atoms with Crippen LogP contribution in [-0.4, -0.2) is 17.5 Å². The fourth-order valence-electron chi connectivity index (χ4n) is 3.39. The number of hydrogen-bond acceptors (Lipinski definition) is 4. The minimum absolute atomic E-state index is 0.112. The van der Waals surface area contributed by atoms with Gasteiger partial charge in [0.05, 0.1) is 6.61 Å². The minimum Gasteiger partial charge on any atom is -0.494 e. The van der Waals surface area contributed by atoms with Crippen molar-refractivity contribution in [2.45, 2.75) is 40.2 Å². The highest BCUT2D eigenvalue weighted by molar-refractivity contribution is 5.94. The van der Waals surface area contributed by atoms with Crippen LogP contribution >= 0.6 is 0 Å². The van der Waals surface area contributed by atoms with E-state index in [1.807, 2.05) is 48.5 Å². The molecule has 1 N–H and O–H groups in total. The molecule has 0 fully saturated rings. The Kier molecular flexibility index (Phi) is 6.55. The van der Waals surface area contributed by atoms with Crippen molar-refractivity contribution in [2.75, 3.05) is 6.61 Å². The number of benzene rings is 3. The number of nitrogens with zero attached hydrogens (tertiary/aromatic N) is 1. The number of rotatable bonds is 8. The normalized spacial score (nSPS) is 11.0. The maximum Gasteiger partial charge on any atom is 0.251 e. The van der Waals surface area contributed by atoms with E-state index in [0.717, 1.165) is 40.8 Å². The molecule has 0 atom stereocenters. The van der Waals surface area contributed by atoms with Crippen LogP contribution < -0.4 is 10.1 Å². The van der Waals surface area contributed by atoms with Gasteiger partial charge in [-0.2, -0.15) is 0 Å². The molecule has 1 amide bonds. The summed E-state index contributed by atoms with van der Waals surface area (Å²) in [5, 5.41) is 2.96. The van der Waals surface area contributed by atoms with Gasteiger partial charge in [0.15, 0.2) is 5.58 Å². The Morgan fingerprint density at radius 2 is 1.72 bits per heavy atom. The van der Waals surface area contributed by atoms with Crippen molar-refractivity contribution in [3.63, 3.8) is 0 Å². The Morgan fingerprint density at radius 1 is 1.00 bits per heavy atom. The highest BCUT2D eigenvalue weighted by Crippen LogP contribution is 2.26. The third kappa shape index (κ3) is 4.99. The predicted octanol–water partition coefficient (Wildman–Crippen LogP) is 6.22. The number of carbonyl (C=O) groups is 1. The van der Waals surface area contributed by atoms with Crippen LogP contribution in [-0.2, 0) is 6.54 Å². The molecule has 0 unspecified atom stereocenters. The smallest absolute Gasteiger partial charge is 0.251 e. The van der Waals surface area contributed by atoms with Gasteiger partial charge in [0.25, 0.3) is 5.91 Å². The maximum absolute atomic E-state index is 12.5. The zero-order valence-corrected chi connectivity index (χ0v) is 18.8. The molecule has 3 aromatic carbocycles. The lowest BCUT2D eigenvalue weighted by Crippen LogP contribution is -2.22. The van der Waals surface area contributed by atoms with E-state index in [1.165, 1.54) is 11.1 Å². The van der Waals surface area contributed by atoms with E-state index in [-0.39, 0.29) is 5.91 Å². The fraction of sp³-hybridized carbons (Fsp3) is 0.259. The molecule has 0 saturated heterocycles. The first kappa shape index (κ1) is 21.6. The maximum atomic E-state index is 12.5. The highest BCUT2D eigenvalue weighted by Gasteiger charge is 2.10. The number of unbranched alkanes of at least 4 members (excludes halogenated alkanes) is 1. The molecule has 5 nitrogen and oxygen atoms in total. The summed E-state index contributed by atoms with van der Waals surface area (Å²) in [4.78, 5) is 17.1. The molecule has 1 heterocycles. The Bertz CT molecular complexity index is 1170. The van der Waals surface area contributed by atoms with Crippen LogP contribution in [0.25, 0.3) is 22.6 Å². The Labute approximate surface area is 188 Å².